The average molecular weight is 375 g/mol. The van der Waals surface area contributed by atoms with Gasteiger partial charge in [0.25, 0.3) is 0 Å². The number of nitrogens with one attached hydrogen (secondary N) is 2. The third-order valence-corrected chi connectivity index (χ3v) is 3.88. The first-order valence-electron chi connectivity index (χ1n) is 8.10. The maximum absolute atomic E-state index is 11.7. The highest BCUT2D eigenvalue weighted by molar-refractivity contribution is 7.81. The monoisotopic (exact) mass is 375 g/mol. The molecule has 10 heteroatoms. The Balaban J connectivity index is 1.96. The molecule has 1 unspecified atom stereocenters. The molecule has 2 N–H and O–H groups in total. The van der Waals surface area contributed by atoms with Crippen LogP contribution in [0, 0.1) is 0 Å². The van der Waals surface area contributed by atoms with Crippen molar-refractivity contribution in [2.24, 2.45) is 0 Å². The van der Waals surface area contributed by atoms with Gasteiger partial charge in [0, 0.05) is 39.4 Å². The minimum Gasteiger partial charge on any atom is -0.379 e. The minimum absolute atomic E-state index is 0.0561. The molecule has 1 saturated heterocycles. The van der Waals surface area contributed by atoms with Crippen molar-refractivity contribution in [3.63, 3.8) is 0 Å². The molecule has 1 atom stereocenters. The van der Waals surface area contributed by atoms with Gasteiger partial charge in [0.2, 0.25) is 23.6 Å². The Labute approximate surface area is 152 Å². The summed E-state index contributed by atoms with van der Waals surface area (Å²) >= 11 is 4.02. The van der Waals surface area contributed by atoms with Crippen LogP contribution in [0.1, 0.15) is 19.3 Å². The number of nitrogens with zero attached hydrogens (tertiary/aromatic N) is 1. The summed E-state index contributed by atoms with van der Waals surface area (Å²) < 4.78 is 10.5. The second-order valence-corrected chi connectivity index (χ2v) is 5.97. The van der Waals surface area contributed by atoms with Crippen LogP contribution in [-0.4, -0.2) is 80.3 Å². The zero-order valence-electron chi connectivity index (χ0n) is 14.3. The lowest BCUT2D eigenvalue weighted by Gasteiger charge is -2.13. The van der Waals surface area contributed by atoms with Crippen molar-refractivity contribution in [3.8, 4) is 0 Å². The molecule has 4 amide bonds. The van der Waals surface area contributed by atoms with E-state index in [-0.39, 0.29) is 43.0 Å². The molecule has 0 aliphatic carbocycles. The van der Waals surface area contributed by atoms with E-state index >= 15 is 0 Å². The van der Waals surface area contributed by atoms with Crippen molar-refractivity contribution >= 4 is 36.3 Å². The topological polar surface area (TPSA) is 114 Å². The summed E-state index contributed by atoms with van der Waals surface area (Å²) in [5.41, 5.74) is 0. The van der Waals surface area contributed by atoms with Gasteiger partial charge in [0.1, 0.15) is 0 Å². The van der Waals surface area contributed by atoms with E-state index in [1.165, 1.54) is 0 Å². The van der Waals surface area contributed by atoms with E-state index in [0.717, 1.165) is 4.90 Å². The lowest BCUT2D eigenvalue weighted by molar-refractivity contribution is -0.138. The molecule has 1 rings (SSSR count). The molecule has 142 valence electrons. The van der Waals surface area contributed by atoms with Crippen LogP contribution >= 0.6 is 12.6 Å². The Morgan fingerprint density at radius 2 is 1.80 bits per heavy atom. The van der Waals surface area contributed by atoms with Gasteiger partial charge in [-0.3, -0.25) is 24.1 Å². The predicted octanol–water partition coefficient (Wildman–Crippen LogP) is -1.28. The van der Waals surface area contributed by atoms with Gasteiger partial charge >= 0.3 is 0 Å². The Morgan fingerprint density at radius 1 is 1.12 bits per heavy atom. The van der Waals surface area contributed by atoms with Gasteiger partial charge in [-0.05, 0) is 0 Å². The fourth-order valence-electron chi connectivity index (χ4n) is 2.08. The SMILES string of the molecule is CNC(=O)CCOCCOCCNC(=O)CCN1C(=O)CC(S)C1=O. The predicted molar refractivity (Wildman–Crippen MR) is 92.1 cm³/mol. The van der Waals surface area contributed by atoms with Gasteiger partial charge in [-0.1, -0.05) is 0 Å². The smallest absolute Gasteiger partial charge is 0.242 e. The van der Waals surface area contributed by atoms with E-state index in [4.69, 9.17) is 9.47 Å². The van der Waals surface area contributed by atoms with Crippen LogP contribution in [0.3, 0.4) is 0 Å². The maximum Gasteiger partial charge on any atom is 0.242 e. The highest BCUT2D eigenvalue weighted by atomic mass is 32.1. The summed E-state index contributed by atoms with van der Waals surface area (Å²) in [5.74, 6) is -0.974. The molecule has 1 fully saturated rings. The molecule has 0 spiro atoms. The first-order chi connectivity index (χ1) is 12.0. The largest absolute Gasteiger partial charge is 0.379 e. The Bertz CT molecular complexity index is 488. The molecule has 1 aliphatic rings. The van der Waals surface area contributed by atoms with E-state index < -0.39 is 5.25 Å². The molecule has 25 heavy (non-hydrogen) atoms. The molecule has 0 aromatic rings. The maximum atomic E-state index is 11.7. The summed E-state index contributed by atoms with van der Waals surface area (Å²) in [4.78, 5) is 46.8. The number of amides is 4. The van der Waals surface area contributed by atoms with Crippen LogP contribution in [0.4, 0.5) is 0 Å². The summed E-state index contributed by atoms with van der Waals surface area (Å²) in [5, 5.41) is 4.55. The third kappa shape index (κ3) is 8.32. The molecule has 0 aromatic heterocycles. The van der Waals surface area contributed by atoms with E-state index in [9.17, 15) is 19.2 Å². The Hall–Kier alpha value is -1.65. The quantitative estimate of drug-likeness (QED) is 0.222. The van der Waals surface area contributed by atoms with Crippen molar-refractivity contribution in [2.45, 2.75) is 24.5 Å². The van der Waals surface area contributed by atoms with E-state index in [0.29, 0.717) is 39.4 Å². The van der Waals surface area contributed by atoms with Crippen LogP contribution in [0.15, 0.2) is 0 Å². The molecule has 9 nitrogen and oxygen atoms in total. The fraction of sp³-hybridized carbons (Fsp3) is 0.733. The van der Waals surface area contributed by atoms with Gasteiger partial charge in [-0.25, -0.2) is 0 Å². The van der Waals surface area contributed by atoms with Gasteiger partial charge in [0.15, 0.2) is 0 Å². The summed E-state index contributed by atoms with van der Waals surface area (Å²) in [6, 6.07) is 0. The average Bonchev–Trinajstić information content (AvgIpc) is 2.83. The summed E-state index contributed by atoms with van der Waals surface area (Å²) in [6.07, 6.45) is 0.450. The third-order valence-electron chi connectivity index (χ3n) is 3.48. The number of hydrogen-bond donors (Lipinski definition) is 3. The fourth-order valence-corrected chi connectivity index (χ4v) is 2.37. The number of carbonyl (C=O) groups excluding carboxylic acids is 4. The molecule has 1 aliphatic heterocycles. The summed E-state index contributed by atoms with van der Waals surface area (Å²) in [6.45, 7) is 1.79. The number of rotatable bonds is 12. The van der Waals surface area contributed by atoms with Crippen LogP contribution in [0.25, 0.3) is 0 Å². The number of hydrogen-bond acceptors (Lipinski definition) is 7. The standard InChI is InChI=1S/C15H25N3O6S/c1-16-12(19)3-6-23-8-9-24-7-4-17-13(20)2-5-18-14(21)10-11(25)15(18)22/h11,25H,2-10H2,1H3,(H,16,19)(H,17,20). The van der Waals surface area contributed by atoms with Gasteiger partial charge in [0.05, 0.1) is 31.7 Å². The number of likely N-dealkylation sites (tertiary alicyclic amines) is 1. The first-order valence-corrected chi connectivity index (χ1v) is 8.62. The number of ether oxygens (including phenoxy) is 2. The molecular weight excluding hydrogens is 350 g/mol. The van der Waals surface area contributed by atoms with Crippen LogP contribution in [0.2, 0.25) is 0 Å². The highest BCUT2D eigenvalue weighted by Crippen LogP contribution is 2.17. The van der Waals surface area contributed by atoms with Crippen LogP contribution in [0.5, 0.6) is 0 Å². The molecule has 0 bridgehead atoms. The zero-order valence-corrected chi connectivity index (χ0v) is 15.2. The normalized spacial score (nSPS) is 17.0. The van der Waals surface area contributed by atoms with E-state index in [1.54, 1.807) is 7.05 Å². The lowest BCUT2D eigenvalue weighted by atomic mass is 10.3. The number of carbonyl (C=O) groups is 4. The second-order valence-electron chi connectivity index (χ2n) is 5.35. The lowest BCUT2D eigenvalue weighted by Crippen LogP contribution is -2.36. The number of thiol groups is 1. The van der Waals surface area contributed by atoms with E-state index in [2.05, 4.69) is 23.3 Å². The van der Waals surface area contributed by atoms with Gasteiger partial charge < -0.3 is 20.1 Å². The van der Waals surface area contributed by atoms with Crippen molar-refractivity contribution < 1.29 is 28.7 Å². The molecule has 0 aromatic carbocycles. The first kappa shape index (κ1) is 21.4. The zero-order chi connectivity index (χ0) is 18.7. The minimum atomic E-state index is -0.595. The molecule has 1 heterocycles. The second kappa shape index (κ2) is 11.8. The van der Waals surface area contributed by atoms with Gasteiger partial charge in [-0.15, -0.1) is 0 Å². The Morgan fingerprint density at radius 3 is 2.40 bits per heavy atom. The Kier molecular flexibility index (Phi) is 10.1. The van der Waals surface area contributed by atoms with Crippen molar-refractivity contribution in [1.29, 1.82) is 0 Å². The molecular formula is C15H25N3O6S. The van der Waals surface area contributed by atoms with Crippen molar-refractivity contribution in [1.82, 2.24) is 15.5 Å². The van der Waals surface area contributed by atoms with E-state index in [1.807, 2.05) is 0 Å². The van der Waals surface area contributed by atoms with Crippen LogP contribution < -0.4 is 10.6 Å². The highest BCUT2D eigenvalue weighted by Gasteiger charge is 2.36. The summed E-state index contributed by atoms with van der Waals surface area (Å²) in [7, 11) is 1.57. The van der Waals surface area contributed by atoms with Crippen molar-refractivity contribution in [2.75, 3.05) is 46.6 Å². The number of imide groups is 1. The van der Waals surface area contributed by atoms with Gasteiger partial charge in [-0.2, -0.15) is 12.6 Å². The van der Waals surface area contributed by atoms with Crippen LogP contribution in [-0.2, 0) is 28.7 Å². The molecule has 0 radical (unpaired) electrons. The molecule has 0 saturated carbocycles. The van der Waals surface area contributed by atoms with Crippen molar-refractivity contribution in [3.05, 3.63) is 0 Å².